The Morgan fingerprint density at radius 3 is 2.94 bits per heavy atom. The molecule has 0 spiro atoms. The standard InChI is InChI=1S/C11H8BrN5/c12-8-3-2-7(6-9(8)13)10-15-16-11-14-4-1-5-17(10)11/h1-6H,13H2. The number of nitrogens with two attached hydrogens (primary N) is 1. The van der Waals surface area contributed by atoms with Gasteiger partial charge < -0.3 is 5.73 Å². The van der Waals surface area contributed by atoms with Gasteiger partial charge in [0.15, 0.2) is 5.82 Å². The van der Waals surface area contributed by atoms with Gasteiger partial charge in [-0.15, -0.1) is 10.2 Å². The van der Waals surface area contributed by atoms with E-state index in [0.29, 0.717) is 11.5 Å². The zero-order chi connectivity index (χ0) is 11.8. The number of hydrogen-bond donors (Lipinski definition) is 1. The maximum absolute atomic E-state index is 5.85. The van der Waals surface area contributed by atoms with Crippen molar-refractivity contribution in [1.29, 1.82) is 0 Å². The second-order valence-corrected chi connectivity index (χ2v) is 4.40. The molecule has 3 rings (SSSR count). The molecule has 84 valence electrons. The average Bonchev–Trinajstić information content (AvgIpc) is 2.76. The summed E-state index contributed by atoms with van der Waals surface area (Å²) in [6.07, 6.45) is 3.56. The Hall–Kier alpha value is -1.95. The Kier molecular flexibility index (Phi) is 2.29. The summed E-state index contributed by atoms with van der Waals surface area (Å²) in [7, 11) is 0. The van der Waals surface area contributed by atoms with Crippen molar-refractivity contribution < 1.29 is 0 Å². The highest BCUT2D eigenvalue weighted by atomic mass is 79.9. The van der Waals surface area contributed by atoms with Crippen LogP contribution in [0.2, 0.25) is 0 Å². The van der Waals surface area contributed by atoms with Crippen molar-refractivity contribution in [2.75, 3.05) is 5.73 Å². The van der Waals surface area contributed by atoms with Gasteiger partial charge in [0.05, 0.1) is 0 Å². The minimum Gasteiger partial charge on any atom is -0.398 e. The predicted octanol–water partition coefficient (Wildman–Crippen LogP) is 2.14. The first-order valence-corrected chi connectivity index (χ1v) is 5.76. The highest BCUT2D eigenvalue weighted by Gasteiger charge is 2.09. The first-order chi connectivity index (χ1) is 8.25. The molecule has 5 nitrogen and oxygen atoms in total. The van der Waals surface area contributed by atoms with Gasteiger partial charge in [0.1, 0.15) is 0 Å². The van der Waals surface area contributed by atoms with E-state index in [1.54, 1.807) is 6.20 Å². The largest absolute Gasteiger partial charge is 0.398 e. The second kappa shape index (κ2) is 3.81. The van der Waals surface area contributed by atoms with Crippen LogP contribution < -0.4 is 5.73 Å². The van der Waals surface area contributed by atoms with E-state index < -0.39 is 0 Å². The van der Waals surface area contributed by atoms with Crippen LogP contribution in [0.5, 0.6) is 0 Å². The molecule has 2 aromatic heterocycles. The monoisotopic (exact) mass is 289 g/mol. The Morgan fingerprint density at radius 2 is 2.12 bits per heavy atom. The lowest BCUT2D eigenvalue weighted by Gasteiger charge is -2.02. The third-order valence-electron chi connectivity index (χ3n) is 2.44. The van der Waals surface area contributed by atoms with E-state index in [1.165, 1.54) is 0 Å². The van der Waals surface area contributed by atoms with Crippen LogP contribution in [0, 0.1) is 0 Å². The van der Waals surface area contributed by atoms with Gasteiger partial charge in [0.2, 0.25) is 0 Å². The minimum absolute atomic E-state index is 0.573. The number of nitrogens with zero attached hydrogens (tertiary/aromatic N) is 4. The van der Waals surface area contributed by atoms with E-state index in [-0.39, 0.29) is 0 Å². The van der Waals surface area contributed by atoms with Gasteiger partial charge in [-0.3, -0.25) is 4.40 Å². The normalized spacial score (nSPS) is 10.9. The molecule has 0 amide bonds. The molecule has 0 bridgehead atoms. The summed E-state index contributed by atoms with van der Waals surface area (Å²) in [4.78, 5) is 4.12. The van der Waals surface area contributed by atoms with E-state index in [0.717, 1.165) is 15.9 Å². The molecule has 0 aliphatic rings. The van der Waals surface area contributed by atoms with Crippen molar-refractivity contribution in [3.05, 3.63) is 41.1 Å². The number of aromatic nitrogens is 4. The molecule has 2 N–H and O–H groups in total. The van der Waals surface area contributed by atoms with E-state index in [2.05, 4.69) is 31.1 Å². The van der Waals surface area contributed by atoms with Crippen LogP contribution >= 0.6 is 15.9 Å². The molecule has 6 heteroatoms. The van der Waals surface area contributed by atoms with Gasteiger partial charge in [-0.2, -0.15) is 0 Å². The Morgan fingerprint density at radius 1 is 1.24 bits per heavy atom. The fourth-order valence-electron chi connectivity index (χ4n) is 1.62. The smallest absolute Gasteiger partial charge is 0.255 e. The molecule has 17 heavy (non-hydrogen) atoms. The van der Waals surface area contributed by atoms with Gasteiger partial charge >= 0.3 is 0 Å². The summed E-state index contributed by atoms with van der Waals surface area (Å²) in [6.45, 7) is 0. The molecule has 0 aliphatic heterocycles. The van der Waals surface area contributed by atoms with Crippen LogP contribution in [0.25, 0.3) is 17.2 Å². The Bertz CT molecular complexity index is 691. The third kappa shape index (κ3) is 1.66. The summed E-state index contributed by atoms with van der Waals surface area (Å²) < 4.78 is 2.69. The molecule has 0 atom stereocenters. The number of nitrogen functional groups attached to an aromatic ring is 1. The molecule has 0 saturated heterocycles. The first-order valence-electron chi connectivity index (χ1n) is 4.97. The molecule has 3 aromatic rings. The number of anilines is 1. The van der Waals surface area contributed by atoms with Crippen molar-refractivity contribution in [3.8, 4) is 11.4 Å². The van der Waals surface area contributed by atoms with Gasteiger partial charge in [0.25, 0.3) is 5.78 Å². The van der Waals surface area contributed by atoms with Crippen molar-refractivity contribution in [2.45, 2.75) is 0 Å². The van der Waals surface area contributed by atoms with E-state index in [4.69, 9.17) is 5.73 Å². The van der Waals surface area contributed by atoms with Crippen LogP contribution in [-0.2, 0) is 0 Å². The van der Waals surface area contributed by atoms with Gasteiger partial charge in [-0.25, -0.2) is 4.98 Å². The minimum atomic E-state index is 0.573. The van der Waals surface area contributed by atoms with Crippen molar-refractivity contribution >= 4 is 27.4 Å². The predicted molar refractivity (Wildman–Crippen MR) is 68.3 cm³/mol. The number of fused-ring (bicyclic) bond motifs is 1. The van der Waals surface area contributed by atoms with Crippen LogP contribution in [0.15, 0.2) is 41.1 Å². The molecule has 2 heterocycles. The average molecular weight is 290 g/mol. The SMILES string of the molecule is Nc1cc(-c2nnc3ncccn23)ccc1Br. The lowest BCUT2D eigenvalue weighted by atomic mass is 10.2. The summed E-state index contributed by atoms with van der Waals surface area (Å²) in [6, 6.07) is 7.52. The van der Waals surface area contributed by atoms with Crippen LogP contribution in [0.4, 0.5) is 5.69 Å². The van der Waals surface area contributed by atoms with Crippen LogP contribution in [0.1, 0.15) is 0 Å². The van der Waals surface area contributed by atoms with Crippen molar-refractivity contribution in [3.63, 3.8) is 0 Å². The Balaban J connectivity index is 2.24. The lowest BCUT2D eigenvalue weighted by molar-refractivity contribution is 1.10. The van der Waals surface area contributed by atoms with Crippen molar-refractivity contribution in [1.82, 2.24) is 19.6 Å². The van der Waals surface area contributed by atoms with Crippen LogP contribution in [-0.4, -0.2) is 19.6 Å². The summed E-state index contributed by atoms with van der Waals surface area (Å²) in [5, 5.41) is 8.11. The zero-order valence-electron chi connectivity index (χ0n) is 8.71. The molecule has 0 saturated carbocycles. The molecular weight excluding hydrogens is 282 g/mol. The first kappa shape index (κ1) is 10.2. The van der Waals surface area contributed by atoms with E-state index >= 15 is 0 Å². The topological polar surface area (TPSA) is 69.1 Å². The summed E-state index contributed by atoms with van der Waals surface area (Å²) >= 11 is 3.36. The summed E-state index contributed by atoms with van der Waals surface area (Å²) in [5.41, 5.74) is 7.43. The second-order valence-electron chi connectivity index (χ2n) is 3.55. The Labute approximate surface area is 105 Å². The quantitative estimate of drug-likeness (QED) is 0.697. The van der Waals surface area contributed by atoms with Gasteiger partial charge in [0, 0.05) is 28.1 Å². The molecule has 0 fully saturated rings. The molecule has 0 unspecified atom stereocenters. The van der Waals surface area contributed by atoms with Gasteiger partial charge in [-0.05, 0) is 40.2 Å². The number of rotatable bonds is 1. The van der Waals surface area contributed by atoms with E-state index in [9.17, 15) is 0 Å². The number of hydrogen-bond acceptors (Lipinski definition) is 4. The molecule has 0 aliphatic carbocycles. The molecular formula is C11H8BrN5. The maximum Gasteiger partial charge on any atom is 0.255 e. The maximum atomic E-state index is 5.85. The van der Waals surface area contributed by atoms with Crippen LogP contribution in [0.3, 0.4) is 0 Å². The fraction of sp³-hybridized carbons (Fsp3) is 0. The fourth-order valence-corrected chi connectivity index (χ4v) is 1.87. The third-order valence-corrected chi connectivity index (χ3v) is 3.17. The number of benzene rings is 1. The van der Waals surface area contributed by atoms with Gasteiger partial charge in [-0.1, -0.05) is 0 Å². The van der Waals surface area contributed by atoms with Crippen molar-refractivity contribution in [2.24, 2.45) is 0 Å². The highest BCUT2D eigenvalue weighted by molar-refractivity contribution is 9.10. The lowest BCUT2D eigenvalue weighted by Crippen LogP contribution is -1.92. The zero-order valence-corrected chi connectivity index (χ0v) is 10.3. The highest BCUT2D eigenvalue weighted by Crippen LogP contribution is 2.25. The summed E-state index contributed by atoms with van der Waals surface area (Å²) in [5.74, 6) is 1.30. The molecule has 0 radical (unpaired) electrons. The molecule has 1 aromatic carbocycles. The van der Waals surface area contributed by atoms with E-state index in [1.807, 2.05) is 34.9 Å². The number of halogens is 1.